The van der Waals surface area contributed by atoms with E-state index >= 15 is 0 Å². The first-order valence-corrected chi connectivity index (χ1v) is 7.72. The van der Waals surface area contributed by atoms with Gasteiger partial charge in [-0.15, -0.1) is 0 Å². The summed E-state index contributed by atoms with van der Waals surface area (Å²) >= 11 is 6.01. The van der Waals surface area contributed by atoms with Crippen LogP contribution in [-0.2, 0) is 16.1 Å². The van der Waals surface area contributed by atoms with E-state index < -0.39 is 17.4 Å². The number of halogens is 1. The van der Waals surface area contributed by atoms with E-state index in [2.05, 4.69) is 31.4 Å². The molecule has 0 aromatic heterocycles. The molecule has 0 aliphatic heterocycles. The number of nitrogens with one attached hydrogen (secondary N) is 2. The highest BCUT2D eigenvalue weighted by Crippen LogP contribution is 2.26. The van der Waals surface area contributed by atoms with Gasteiger partial charge in [0.05, 0.1) is 0 Å². The highest BCUT2D eigenvalue weighted by Gasteiger charge is 2.29. The van der Waals surface area contributed by atoms with Crippen molar-refractivity contribution in [1.82, 2.24) is 10.6 Å². The van der Waals surface area contributed by atoms with Gasteiger partial charge in [-0.1, -0.05) is 50.6 Å². The molecule has 1 aromatic carbocycles. The molecular weight excluding hydrogens is 300 g/mol. The van der Waals surface area contributed by atoms with E-state index in [1.54, 1.807) is 6.07 Å². The Morgan fingerprint density at radius 1 is 1.05 bits per heavy atom. The third-order valence-corrected chi connectivity index (χ3v) is 3.40. The van der Waals surface area contributed by atoms with Gasteiger partial charge in [-0.3, -0.25) is 9.59 Å². The summed E-state index contributed by atoms with van der Waals surface area (Å²) in [7, 11) is 0. The molecule has 5 heteroatoms. The second-order valence-electron chi connectivity index (χ2n) is 7.35. The van der Waals surface area contributed by atoms with Crippen LogP contribution in [0, 0.1) is 5.41 Å². The van der Waals surface area contributed by atoms with Crippen molar-refractivity contribution in [3.8, 4) is 0 Å². The zero-order valence-corrected chi connectivity index (χ0v) is 14.7. The summed E-state index contributed by atoms with van der Waals surface area (Å²) in [6, 6.07) is 7.20. The molecule has 0 radical (unpaired) electrons. The molecule has 1 rings (SSSR count). The topological polar surface area (TPSA) is 58.2 Å². The Bertz CT molecular complexity index is 548. The molecule has 0 fully saturated rings. The fourth-order valence-corrected chi connectivity index (χ4v) is 2.83. The lowest BCUT2D eigenvalue weighted by molar-refractivity contribution is -0.140. The molecule has 0 spiro atoms. The summed E-state index contributed by atoms with van der Waals surface area (Å²) in [6.07, 6.45) is 0.767. The average Bonchev–Trinajstić information content (AvgIpc) is 2.33. The van der Waals surface area contributed by atoms with Crippen molar-refractivity contribution in [2.45, 2.75) is 53.1 Å². The largest absolute Gasteiger partial charge is 0.344 e. The Hall–Kier alpha value is -1.55. The van der Waals surface area contributed by atoms with Crippen molar-refractivity contribution in [3.05, 3.63) is 34.9 Å². The van der Waals surface area contributed by atoms with Crippen LogP contribution in [-0.4, -0.2) is 17.4 Å². The van der Waals surface area contributed by atoms with Gasteiger partial charge in [-0.25, -0.2) is 0 Å². The molecule has 2 N–H and O–H groups in total. The summed E-state index contributed by atoms with van der Waals surface area (Å²) in [5.41, 5.74) is 0.390. The average molecular weight is 325 g/mol. The predicted molar refractivity (Wildman–Crippen MR) is 89.6 cm³/mol. The van der Waals surface area contributed by atoms with Gasteiger partial charge in [0, 0.05) is 17.1 Å². The fourth-order valence-electron chi connectivity index (χ4n) is 2.63. The van der Waals surface area contributed by atoms with Crippen LogP contribution in [0.5, 0.6) is 0 Å². The van der Waals surface area contributed by atoms with Crippen LogP contribution >= 0.6 is 11.6 Å². The number of benzene rings is 1. The van der Waals surface area contributed by atoms with Crippen LogP contribution in [0.3, 0.4) is 0 Å². The van der Waals surface area contributed by atoms with Gasteiger partial charge in [0.15, 0.2) is 0 Å². The van der Waals surface area contributed by atoms with Gasteiger partial charge >= 0.3 is 11.8 Å². The van der Waals surface area contributed by atoms with E-state index in [9.17, 15) is 9.59 Å². The summed E-state index contributed by atoms with van der Waals surface area (Å²) in [4.78, 5) is 23.9. The minimum absolute atomic E-state index is 0.0603. The molecule has 0 bridgehead atoms. The molecule has 0 aliphatic carbocycles. The van der Waals surface area contributed by atoms with E-state index in [1.165, 1.54) is 0 Å². The molecule has 4 nitrogen and oxygen atoms in total. The van der Waals surface area contributed by atoms with Crippen molar-refractivity contribution in [2.24, 2.45) is 5.41 Å². The molecule has 0 saturated carbocycles. The molecule has 0 unspecified atom stereocenters. The van der Waals surface area contributed by atoms with Gasteiger partial charge in [-0.05, 0) is 37.3 Å². The van der Waals surface area contributed by atoms with Gasteiger partial charge in [-0.2, -0.15) is 0 Å². The maximum Gasteiger partial charge on any atom is 0.309 e. The van der Waals surface area contributed by atoms with Gasteiger partial charge in [0.1, 0.15) is 0 Å². The molecule has 22 heavy (non-hydrogen) atoms. The van der Waals surface area contributed by atoms with Crippen molar-refractivity contribution >= 4 is 23.4 Å². The number of carbonyl (C=O) groups excluding carboxylic acids is 2. The third kappa shape index (κ3) is 6.48. The van der Waals surface area contributed by atoms with Gasteiger partial charge in [0.25, 0.3) is 0 Å². The smallest absolute Gasteiger partial charge is 0.309 e. The monoisotopic (exact) mass is 324 g/mol. The quantitative estimate of drug-likeness (QED) is 0.835. The maximum absolute atomic E-state index is 12.0. The maximum atomic E-state index is 12.0. The van der Waals surface area contributed by atoms with Crippen molar-refractivity contribution < 1.29 is 9.59 Å². The van der Waals surface area contributed by atoms with Gasteiger partial charge < -0.3 is 10.6 Å². The van der Waals surface area contributed by atoms with Crippen LogP contribution in [0.1, 0.15) is 46.6 Å². The first-order valence-electron chi connectivity index (χ1n) is 7.34. The normalized spacial score (nSPS) is 11.9. The number of amides is 2. The first kappa shape index (κ1) is 18.5. The highest BCUT2D eigenvalue weighted by atomic mass is 35.5. The van der Waals surface area contributed by atoms with Crippen LogP contribution in [0.25, 0.3) is 0 Å². The molecule has 0 heterocycles. The van der Waals surface area contributed by atoms with Crippen LogP contribution in [0.2, 0.25) is 5.02 Å². The second-order valence-corrected chi connectivity index (χ2v) is 7.76. The number of hydrogen-bond acceptors (Lipinski definition) is 2. The lowest BCUT2D eigenvalue weighted by Gasteiger charge is -2.33. The molecule has 0 saturated heterocycles. The van der Waals surface area contributed by atoms with E-state index in [0.717, 1.165) is 12.0 Å². The van der Waals surface area contributed by atoms with E-state index in [0.29, 0.717) is 5.02 Å². The zero-order chi connectivity index (χ0) is 17.0. The minimum Gasteiger partial charge on any atom is -0.344 e. The lowest BCUT2D eigenvalue weighted by atomic mass is 9.82. The number of carbonyl (C=O) groups is 2. The minimum atomic E-state index is -0.651. The van der Waals surface area contributed by atoms with Crippen molar-refractivity contribution in [1.29, 1.82) is 0 Å². The van der Waals surface area contributed by atoms with Crippen LogP contribution in [0.4, 0.5) is 0 Å². The third-order valence-electron chi connectivity index (χ3n) is 3.03. The fraction of sp³-hybridized carbons (Fsp3) is 0.529. The molecule has 1 aromatic rings. The predicted octanol–water partition coefficient (Wildman–Crippen LogP) is 3.29. The van der Waals surface area contributed by atoms with Gasteiger partial charge in [0.2, 0.25) is 0 Å². The van der Waals surface area contributed by atoms with E-state index in [1.807, 2.05) is 32.0 Å². The Morgan fingerprint density at radius 2 is 1.64 bits per heavy atom. The standard InChI is InChI=1S/C17H25ClN2O2/c1-16(2,3)11-17(4,5)20-15(22)14(21)19-10-12-8-6-7-9-13(12)18/h6-9H,10-11H2,1-5H3,(H,19,21)(H,20,22). The number of rotatable bonds is 4. The molecule has 2 amide bonds. The molecular formula is C17H25ClN2O2. The van der Waals surface area contributed by atoms with Crippen molar-refractivity contribution in [2.75, 3.05) is 0 Å². The van der Waals surface area contributed by atoms with E-state index in [4.69, 9.17) is 11.6 Å². The summed E-state index contributed by atoms with van der Waals surface area (Å²) in [5, 5.41) is 5.94. The number of hydrogen-bond donors (Lipinski definition) is 2. The SMILES string of the molecule is CC(C)(C)CC(C)(C)NC(=O)C(=O)NCc1ccccc1Cl. The lowest BCUT2D eigenvalue weighted by Crippen LogP contribution is -2.51. The van der Waals surface area contributed by atoms with Crippen molar-refractivity contribution in [3.63, 3.8) is 0 Å². The second kappa shape index (κ2) is 7.14. The van der Waals surface area contributed by atoms with Crippen LogP contribution in [0.15, 0.2) is 24.3 Å². The Kier molecular flexibility index (Phi) is 6.00. The first-order chi connectivity index (χ1) is 10.0. The molecule has 122 valence electrons. The summed E-state index contributed by atoms with van der Waals surface area (Å²) < 4.78 is 0. The molecule has 0 aliphatic rings. The Labute approximate surface area is 137 Å². The van der Waals surface area contributed by atoms with E-state index in [-0.39, 0.29) is 12.0 Å². The Morgan fingerprint density at radius 3 is 2.18 bits per heavy atom. The molecule has 0 atom stereocenters. The summed E-state index contributed by atoms with van der Waals surface area (Å²) in [6.45, 7) is 10.3. The summed E-state index contributed by atoms with van der Waals surface area (Å²) in [5.74, 6) is -1.27. The highest BCUT2D eigenvalue weighted by molar-refractivity contribution is 6.35. The van der Waals surface area contributed by atoms with Crippen LogP contribution < -0.4 is 10.6 Å². The Balaban J connectivity index is 2.56. The zero-order valence-electron chi connectivity index (χ0n) is 13.9.